The average Bonchev–Trinajstić information content (AvgIpc) is 3.39. The third-order valence-electron chi connectivity index (χ3n) is 8.62. The summed E-state index contributed by atoms with van der Waals surface area (Å²) in [5, 5.41) is 1.09. The van der Waals surface area contributed by atoms with E-state index in [4.69, 9.17) is 0 Å². The van der Waals surface area contributed by atoms with E-state index in [0.717, 1.165) is 45.2 Å². The lowest BCUT2D eigenvalue weighted by molar-refractivity contribution is -0.145. The number of benzene rings is 3. The lowest BCUT2D eigenvalue weighted by Crippen LogP contribution is -2.48. The van der Waals surface area contributed by atoms with Crippen LogP contribution in [0.15, 0.2) is 91.1 Å². The van der Waals surface area contributed by atoms with Gasteiger partial charge in [0.15, 0.2) is 0 Å². The molecular weight excluding hydrogens is 510 g/mol. The Balaban J connectivity index is 1.24. The molecule has 0 saturated heterocycles. The number of aromatic nitrogens is 1. The van der Waals surface area contributed by atoms with Crippen LogP contribution >= 0.6 is 0 Å². The smallest absolute Gasteiger partial charge is 0.237 e. The number of imide groups is 1. The van der Waals surface area contributed by atoms with E-state index in [1.807, 2.05) is 78.5 Å². The number of amides is 2. The second-order valence-electron chi connectivity index (χ2n) is 11.3. The van der Waals surface area contributed by atoms with E-state index in [-0.39, 0.29) is 23.8 Å². The van der Waals surface area contributed by atoms with Gasteiger partial charge in [-0.25, -0.2) is 0 Å². The minimum absolute atomic E-state index is 0.0816. The summed E-state index contributed by atoms with van der Waals surface area (Å²) in [6, 6.07) is 26.2. The maximum absolute atomic E-state index is 13.5. The van der Waals surface area contributed by atoms with Gasteiger partial charge in [0.1, 0.15) is 0 Å². The summed E-state index contributed by atoms with van der Waals surface area (Å²) in [4.78, 5) is 43.3. The molecule has 6 rings (SSSR count). The summed E-state index contributed by atoms with van der Waals surface area (Å²) in [6.07, 6.45) is 6.90. The Hall–Kier alpha value is -4.29. The van der Waals surface area contributed by atoms with Gasteiger partial charge in [0.05, 0.1) is 11.4 Å². The largest absolute Gasteiger partial charge is 0.298 e. The van der Waals surface area contributed by atoms with E-state index in [1.165, 1.54) is 4.90 Å². The highest BCUT2D eigenvalue weighted by Gasteiger charge is 2.37. The van der Waals surface area contributed by atoms with Crippen LogP contribution in [0.1, 0.15) is 39.9 Å². The molecule has 0 bridgehead atoms. The van der Waals surface area contributed by atoms with Crippen LogP contribution in [0.25, 0.3) is 16.5 Å². The van der Waals surface area contributed by atoms with Gasteiger partial charge < -0.3 is 0 Å². The molecule has 2 atom stereocenters. The third kappa shape index (κ3) is 5.27. The molecule has 208 valence electrons. The second-order valence-corrected chi connectivity index (χ2v) is 11.3. The zero-order valence-corrected chi connectivity index (χ0v) is 23.6. The van der Waals surface area contributed by atoms with E-state index >= 15 is 0 Å². The Kier molecular flexibility index (Phi) is 7.41. The quantitative estimate of drug-likeness (QED) is 0.312. The van der Waals surface area contributed by atoms with Gasteiger partial charge in [-0.05, 0) is 60.2 Å². The monoisotopic (exact) mass is 545 g/mol. The van der Waals surface area contributed by atoms with Gasteiger partial charge in [0.2, 0.25) is 17.7 Å². The Bertz CT molecular complexity index is 1640. The van der Waals surface area contributed by atoms with Crippen LogP contribution < -0.4 is 0 Å². The van der Waals surface area contributed by atoms with Gasteiger partial charge in [0, 0.05) is 44.1 Å². The Morgan fingerprint density at radius 2 is 1.51 bits per heavy atom. The van der Waals surface area contributed by atoms with Crippen LogP contribution in [-0.4, -0.2) is 58.8 Å². The highest BCUT2D eigenvalue weighted by atomic mass is 16.2. The third-order valence-corrected chi connectivity index (χ3v) is 8.62. The van der Waals surface area contributed by atoms with Crippen molar-refractivity contribution < 1.29 is 14.4 Å². The van der Waals surface area contributed by atoms with Crippen molar-refractivity contribution in [3.63, 3.8) is 0 Å². The average molecular weight is 546 g/mol. The van der Waals surface area contributed by atoms with Gasteiger partial charge in [-0.1, -0.05) is 78.9 Å². The molecule has 0 spiro atoms. The number of nitrogens with zero attached hydrogens (tertiary/aromatic N) is 3. The first kappa shape index (κ1) is 26.9. The number of likely N-dealkylation sites (N-methyl/N-ethyl adjacent to an activating group) is 1. The summed E-state index contributed by atoms with van der Waals surface area (Å²) in [5.74, 6) is -0.671. The Labute approximate surface area is 240 Å². The summed E-state index contributed by atoms with van der Waals surface area (Å²) >= 11 is 0. The number of hydrogen-bond acceptors (Lipinski definition) is 4. The maximum atomic E-state index is 13.5. The number of carbonyl (C=O) groups excluding carboxylic acids is 3. The highest BCUT2D eigenvalue weighted by molar-refractivity contribution is 6.04. The van der Waals surface area contributed by atoms with E-state index in [9.17, 15) is 14.4 Å². The molecule has 0 N–H and O–H groups in total. The molecule has 41 heavy (non-hydrogen) atoms. The van der Waals surface area contributed by atoms with Crippen LogP contribution in [0.5, 0.6) is 0 Å². The van der Waals surface area contributed by atoms with Gasteiger partial charge in [-0.2, -0.15) is 0 Å². The summed E-state index contributed by atoms with van der Waals surface area (Å²) in [7, 11) is 3.64. The molecule has 4 aromatic rings. The zero-order valence-electron chi connectivity index (χ0n) is 23.6. The molecule has 0 radical (unpaired) electrons. The first-order valence-corrected chi connectivity index (χ1v) is 14.4. The minimum Gasteiger partial charge on any atom is -0.298 e. The van der Waals surface area contributed by atoms with Gasteiger partial charge in [-0.3, -0.25) is 28.8 Å². The molecule has 2 aliphatic rings. The van der Waals surface area contributed by atoms with Gasteiger partial charge in [0.25, 0.3) is 0 Å². The van der Waals surface area contributed by atoms with Crippen molar-refractivity contribution in [3.8, 4) is 0 Å². The molecule has 0 fully saturated rings. The van der Waals surface area contributed by atoms with Crippen molar-refractivity contribution in [2.24, 2.45) is 5.92 Å². The highest BCUT2D eigenvalue weighted by Crippen LogP contribution is 2.42. The van der Waals surface area contributed by atoms with Gasteiger partial charge >= 0.3 is 0 Å². The molecular formula is C35H35N3O3. The normalized spacial score (nSPS) is 18.0. The summed E-state index contributed by atoms with van der Waals surface area (Å²) < 4.78 is 1.82. The number of carbonyl (C=O) groups is 3. The first-order valence-electron chi connectivity index (χ1n) is 14.4. The number of aryl methyl sites for hydroxylation is 2. The van der Waals surface area contributed by atoms with Gasteiger partial charge in [-0.15, -0.1) is 0 Å². The molecule has 0 saturated carbocycles. The molecule has 1 aliphatic heterocycles. The van der Waals surface area contributed by atoms with E-state index in [2.05, 4.69) is 29.2 Å². The zero-order chi connectivity index (χ0) is 28.5. The van der Waals surface area contributed by atoms with Crippen LogP contribution in [0, 0.1) is 5.92 Å². The fourth-order valence-corrected chi connectivity index (χ4v) is 6.37. The topological polar surface area (TPSA) is 62.6 Å². The summed E-state index contributed by atoms with van der Waals surface area (Å²) in [6.45, 7) is 0.547. The lowest BCUT2D eigenvalue weighted by Gasteiger charge is -2.40. The van der Waals surface area contributed by atoms with Crippen LogP contribution in [0.3, 0.4) is 0 Å². The molecule has 1 aliphatic carbocycles. The van der Waals surface area contributed by atoms with Crippen molar-refractivity contribution in [3.05, 3.63) is 113 Å². The van der Waals surface area contributed by atoms with Crippen LogP contribution in [0.2, 0.25) is 0 Å². The van der Waals surface area contributed by atoms with E-state index in [0.29, 0.717) is 32.2 Å². The molecule has 6 nitrogen and oxygen atoms in total. The second kappa shape index (κ2) is 11.3. The van der Waals surface area contributed by atoms with E-state index in [1.54, 1.807) is 7.05 Å². The SMILES string of the molecule is CN(C(=O)CCc1ccccc1)C(=O)C1C=C2c3cccc4c3c(cn4C(=O)CCc3ccccc3)CC2N(C)C1. The molecule has 2 amide bonds. The number of hydrogen-bond donors (Lipinski definition) is 0. The molecule has 1 aromatic heterocycles. The van der Waals surface area contributed by atoms with Crippen LogP contribution in [0.4, 0.5) is 0 Å². The summed E-state index contributed by atoms with van der Waals surface area (Å²) in [5.41, 5.74) is 6.50. The van der Waals surface area contributed by atoms with Crippen LogP contribution in [-0.2, 0) is 28.9 Å². The van der Waals surface area contributed by atoms with Crippen molar-refractivity contribution in [1.82, 2.24) is 14.4 Å². The van der Waals surface area contributed by atoms with E-state index < -0.39 is 5.92 Å². The Morgan fingerprint density at radius 3 is 2.20 bits per heavy atom. The van der Waals surface area contributed by atoms with Crippen molar-refractivity contribution >= 4 is 34.2 Å². The number of fused-ring (bicyclic) bond motifs is 2. The molecule has 2 heterocycles. The predicted octanol–water partition coefficient (Wildman–Crippen LogP) is 5.40. The molecule has 6 heteroatoms. The lowest BCUT2D eigenvalue weighted by atomic mass is 9.79. The maximum Gasteiger partial charge on any atom is 0.237 e. The fraction of sp³-hybridized carbons (Fsp3) is 0.286. The first-order chi connectivity index (χ1) is 19.9. The van der Waals surface area contributed by atoms with Crippen molar-refractivity contribution in [2.45, 2.75) is 38.1 Å². The number of rotatable bonds is 7. The standard InChI is InChI=1S/C35H35N3O3/c1-36-22-27(35(41)37(2)32(39)18-16-24-10-5-3-6-11-24)20-29-28-14-9-15-30-34(28)26(21-31(29)36)23-38(30)33(40)19-17-25-12-7-4-8-13-25/h3-15,20,23,27,31H,16-19,21-22H2,1-2H3. The van der Waals surface area contributed by atoms with Crippen molar-refractivity contribution in [1.29, 1.82) is 0 Å². The fourth-order valence-electron chi connectivity index (χ4n) is 6.37. The minimum atomic E-state index is -0.414. The van der Waals surface area contributed by atoms with Crippen molar-refractivity contribution in [2.75, 3.05) is 20.6 Å². The predicted molar refractivity (Wildman–Crippen MR) is 161 cm³/mol. The Morgan fingerprint density at radius 1 is 0.854 bits per heavy atom. The molecule has 2 unspecified atom stereocenters. The molecule has 3 aromatic carbocycles.